The van der Waals surface area contributed by atoms with Crippen LogP contribution in [-0.4, -0.2) is 20.1 Å². The number of nitrogens with zero attached hydrogens (tertiary/aromatic N) is 3. The fourth-order valence-corrected chi connectivity index (χ4v) is 3.70. The molecule has 0 aliphatic heterocycles. The molecule has 1 aromatic heterocycles. The maximum atomic E-state index is 10.9. The Hall–Kier alpha value is -3.14. The molecule has 0 fully saturated rings. The summed E-state index contributed by atoms with van der Waals surface area (Å²) in [4.78, 5) is 1.70. The van der Waals surface area contributed by atoms with Gasteiger partial charge in [-0.25, -0.2) is 0 Å². The summed E-state index contributed by atoms with van der Waals surface area (Å²) >= 11 is 0. The third-order valence-corrected chi connectivity index (χ3v) is 5.64. The zero-order valence-electron chi connectivity index (χ0n) is 16.8. The van der Waals surface area contributed by atoms with Gasteiger partial charge in [0.15, 0.2) is 0 Å². The van der Waals surface area contributed by atoms with Crippen LogP contribution < -0.4 is 0 Å². The minimum absolute atomic E-state index is 0.204. The summed E-state index contributed by atoms with van der Waals surface area (Å²) in [5, 5.41) is 20.3. The summed E-state index contributed by atoms with van der Waals surface area (Å²) in [6.07, 6.45) is 0.900. The number of phenols is 1. The number of phenolic OH excluding ortho intramolecular Hbond substituents is 1. The van der Waals surface area contributed by atoms with E-state index in [1.54, 1.807) is 10.9 Å². The molecule has 1 N–H and O–H groups in total. The molecular formula is C24H25N3O. The first-order chi connectivity index (χ1) is 13.4. The number of hydrogen-bond acceptors (Lipinski definition) is 3. The molecule has 0 aliphatic rings. The first kappa shape index (κ1) is 18.2. The zero-order chi connectivity index (χ0) is 19.9. The number of benzene rings is 3. The largest absolute Gasteiger partial charge is 0.508 e. The molecule has 4 aromatic rings. The van der Waals surface area contributed by atoms with Crippen molar-refractivity contribution in [2.45, 2.75) is 39.5 Å². The molecule has 4 nitrogen and oxygen atoms in total. The Morgan fingerprint density at radius 2 is 1.50 bits per heavy atom. The van der Waals surface area contributed by atoms with E-state index in [9.17, 15) is 5.11 Å². The van der Waals surface area contributed by atoms with Gasteiger partial charge in [0.25, 0.3) is 0 Å². The summed E-state index contributed by atoms with van der Waals surface area (Å²) in [6.45, 7) is 8.58. The van der Waals surface area contributed by atoms with Gasteiger partial charge in [0.05, 0.1) is 5.69 Å². The second kappa shape index (κ2) is 6.79. The summed E-state index contributed by atoms with van der Waals surface area (Å²) in [7, 11) is 0. The average Bonchev–Trinajstić information content (AvgIpc) is 3.12. The Bertz CT molecular complexity index is 1120. The number of hydrogen-bond donors (Lipinski definition) is 1. The molecule has 3 aromatic carbocycles. The normalized spacial score (nSPS) is 11.9. The van der Waals surface area contributed by atoms with Crippen LogP contribution in [0.1, 0.15) is 38.3 Å². The van der Waals surface area contributed by atoms with Crippen LogP contribution in [0.2, 0.25) is 0 Å². The molecule has 0 radical (unpaired) electrons. The van der Waals surface area contributed by atoms with Crippen LogP contribution in [0.5, 0.6) is 5.75 Å². The van der Waals surface area contributed by atoms with E-state index >= 15 is 0 Å². The van der Waals surface area contributed by atoms with Gasteiger partial charge in [-0.1, -0.05) is 57.2 Å². The van der Waals surface area contributed by atoms with Crippen LogP contribution in [0.25, 0.3) is 27.8 Å². The Labute approximate surface area is 165 Å². The standard InChI is InChI=1S/C24H25N3O/c1-5-24(3,4)23-21(28)15-14-20(22(23)17-11-7-6-10-16(17)2)27-25-18-12-8-9-13-19(18)26-27/h6-15,28H,5H2,1-4H3. The maximum Gasteiger partial charge on any atom is 0.120 e. The SMILES string of the molecule is CCC(C)(C)c1c(O)ccc(-n2nc3ccccc3n2)c1-c1ccccc1C. The van der Waals surface area contributed by atoms with E-state index in [-0.39, 0.29) is 5.41 Å². The minimum atomic E-state index is -0.204. The first-order valence-corrected chi connectivity index (χ1v) is 9.67. The van der Waals surface area contributed by atoms with Gasteiger partial charge in [0.1, 0.15) is 16.8 Å². The zero-order valence-corrected chi connectivity index (χ0v) is 16.8. The topological polar surface area (TPSA) is 50.9 Å². The van der Waals surface area contributed by atoms with E-state index in [0.29, 0.717) is 5.75 Å². The molecule has 0 aliphatic carbocycles. The van der Waals surface area contributed by atoms with Crippen LogP contribution >= 0.6 is 0 Å². The van der Waals surface area contributed by atoms with E-state index < -0.39 is 0 Å². The second-order valence-electron chi connectivity index (χ2n) is 7.88. The summed E-state index contributed by atoms with van der Waals surface area (Å²) in [5.74, 6) is 0.311. The molecule has 4 rings (SSSR count). The Kier molecular flexibility index (Phi) is 4.42. The van der Waals surface area contributed by atoms with Gasteiger partial charge in [0, 0.05) is 11.1 Å². The van der Waals surface area contributed by atoms with Gasteiger partial charge >= 0.3 is 0 Å². The minimum Gasteiger partial charge on any atom is -0.508 e. The summed E-state index contributed by atoms with van der Waals surface area (Å²) < 4.78 is 0. The van der Waals surface area contributed by atoms with Gasteiger partial charge in [-0.2, -0.15) is 0 Å². The van der Waals surface area contributed by atoms with Crippen LogP contribution in [0.15, 0.2) is 60.7 Å². The van der Waals surface area contributed by atoms with Crippen molar-refractivity contribution >= 4 is 11.0 Å². The molecule has 0 saturated carbocycles. The molecule has 0 saturated heterocycles. The molecule has 28 heavy (non-hydrogen) atoms. The van der Waals surface area contributed by atoms with E-state index in [4.69, 9.17) is 10.2 Å². The van der Waals surface area contributed by atoms with Gasteiger partial charge in [0.2, 0.25) is 0 Å². The van der Waals surface area contributed by atoms with Crippen LogP contribution in [0.3, 0.4) is 0 Å². The molecule has 142 valence electrons. The number of fused-ring (bicyclic) bond motifs is 1. The van der Waals surface area contributed by atoms with Crippen molar-refractivity contribution in [2.75, 3.05) is 0 Å². The lowest BCUT2D eigenvalue weighted by Crippen LogP contribution is -2.19. The Balaban J connectivity index is 2.09. The number of aromatic hydroxyl groups is 1. The highest BCUT2D eigenvalue weighted by molar-refractivity contribution is 5.82. The smallest absolute Gasteiger partial charge is 0.120 e. The molecule has 4 heteroatoms. The molecule has 0 bridgehead atoms. The lowest BCUT2D eigenvalue weighted by atomic mass is 9.76. The van der Waals surface area contributed by atoms with Crippen LogP contribution in [-0.2, 0) is 5.41 Å². The third-order valence-electron chi connectivity index (χ3n) is 5.64. The highest BCUT2D eigenvalue weighted by Crippen LogP contribution is 2.44. The lowest BCUT2D eigenvalue weighted by molar-refractivity contribution is 0.429. The van der Waals surface area contributed by atoms with Crippen molar-refractivity contribution in [2.24, 2.45) is 0 Å². The molecule has 0 atom stereocenters. The van der Waals surface area contributed by atoms with Gasteiger partial charge in [-0.15, -0.1) is 15.0 Å². The molecule has 0 unspecified atom stereocenters. The fourth-order valence-electron chi connectivity index (χ4n) is 3.70. The average molecular weight is 371 g/mol. The molecule has 1 heterocycles. The van der Waals surface area contributed by atoms with Crippen molar-refractivity contribution in [1.29, 1.82) is 0 Å². The predicted octanol–water partition coefficient (Wildman–Crippen LogP) is 5.79. The van der Waals surface area contributed by atoms with Crippen molar-refractivity contribution in [1.82, 2.24) is 15.0 Å². The van der Waals surface area contributed by atoms with Crippen LogP contribution in [0, 0.1) is 6.92 Å². The van der Waals surface area contributed by atoms with E-state index in [2.05, 4.69) is 39.8 Å². The lowest BCUT2D eigenvalue weighted by Gasteiger charge is -2.29. The monoisotopic (exact) mass is 371 g/mol. The van der Waals surface area contributed by atoms with E-state index in [1.165, 1.54) is 0 Å². The Morgan fingerprint density at radius 3 is 2.11 bits per heavy atom. The van der Waals surface area contributed by atoms with E-state index in [1.807, 2.05) is 42.5 Å². The van der Waals surface area contributed by atoms with Gasteiger partial charge in [-0.3, -0.25) is 0 Å². The highest BCUT2D eigenvalue weighted by Gasteiger charge is 2.29. The first-order valence-electron chi connectivity index (χ1n) is 9.67. The highest BCUT2D eigenvalue weighted by atomic mass is 16.3. The molecule has 0 spiro atoms. The maximum absolute atomic E-state index is 10.9. The molecular weight excluding hydrogens is 346 g/mol. The Morgan fingerprint density at radius 1 is 0.893 bits per heavy atom. The molecule has 0 amide bonds. The summed E-state index contributed by atoms with van der Waals surface area (Å²) in [6, 6.07) is 19.8. The van der Waals surface area contributed by atoms with Gasteiger partial charge in [-0.05, 0) is 54.2 Å². The number of aromatic nitrogens is 3. The number of aryl methyl sites for hydroxylation is 1. The quantitative estimate of drug-likeness (QED) is 0.494. The second-order valence-corrected chi connectivity index (χ2v) is 7.88. The van der Waals surface area contributed by atoms with Crippen molar-refractivity contribution in [3.8, 4) is 22.6 Å². The van der Waals surface area contributed by atoms with Crippen molar-refractivity contribution in [3.05, 3.63) is 71.8 Å². The predicted molar refractivity (Wildman–Crippen MR) is 114 cm³/mol. The fraction of sp³-hybridized carbons (Fsp3) is 0.250. The van der Waals surface area contributed by atoms with Crippen molar-refractivity contribution in [3.63, 3.8) is 0 Å². The van der Waals surface area contributed by atoms with Gasteiger partial charge < -0.3 is 5.11 Å². The number of rotatable bonds is 4. The third kappa shape index (κ3) is 2.95. The van der Waals surface area contributed by atoms with Crippen LogP contribution in [0.4, 0.5) is 0 Å². The summed E-state index contributed by atoms with van der Waals surface area (Å²) in [5.41, 5.74) is 6.54. The van der Waals surface area contributed by atoms with Crippen molar-refractivity contribution < 1.29 is 5.11 Å². The van der Waals surface area contributed by atoms with E-state index in [0.717, 1.165) is 45.4 Å².